The molecule has 1 aromatic carbocycles. The van der Waals surface area contributed by atoms with Crippen LogP contribution in [0.3, 0.4) is 0 Å². The van der Waals surface area contributed by atoms with E-state index < -0.39 is 11.0 Å². The van der Waals surface area contributed by atoms with Crippen molar-refractivity contribution in [2.24, 2.45) is 5.92 Å². The lowest BCUT2D eigenvalue weighted by molar-refractivity contribution is -0.384. The first kappa shape index (κ1) is 16.1. The quantitative estimate of drug-likeness (QED) is 0.587. The molecule has 0 radical (unpaired) electrons. The van der Waals surface area contributed by atoms with Gasteiger partial charge in [-0.1, -0.05) is 32.4 Å². The van der Waals surface area contributed by atoms with Gasteiger partial charge in [0.1, 0.15) is 0 Å². The highest BCUT2D eigenvalue weighted by molar-refractivity contribution is 5.78. The molecule has 20 heavy (non-hydrogen) atoms. The summed E-state index contributed by atoms with van der Waals surface area (Å²) in [6.07, 6.45) is 0.325. The van der Waals surface area contributed by atoms with Gasteiger partial charge in [-0.2, -0.15) is 0 Å². The van der Waals surface area contributed by atoms with Crippen molar-refractivity contribution in [3.63, 3.8) is 0 Å². The van der Waals surface area contributed by atoms with Gasteiger partial charge in [-0.15, -0.1) is 0 Å². The van der Waals surface area contributed by atoms with Gasteiger partial charge < -0.3 is 10.4 Å². The number of aliphatic hydroxyl groups excluding tert-OH is 1. The minimum atomic E-state index is -0.575. The Bertz CT molecular complexity index is 476. The number of aliphatic hydroxyl groups is 1. The Morgan fingerprint density at radius 3 is 2.80 bits per heavy atom. The fraction of sp³-hybridized carbons (Fsp3) is 0.500. The Hall–Kier alpha value is -1.95. The van der Waals surface area contributed by atoms with Crippen LogP contribution in [-0.4, -0.2) is 28.6 Å². The maximum Gasteiger partial charge on any atom is 0.269 e. The van der Waals surface area contributed by atoms with Gasteiger partial charge in [0.25, 0.3) is 5.69 Å². The summed E-state index contributed by atoms with van der Waals surface area (Å²) in [5, 5.41) is 23.0. The van der Waals surface area contributed by atoms with Gasteiger partial charge in [0.2, 0.25) is 5.91 Å². The van der Waals surface area contributed by atoms with E-state index >= 15 is 0 Å². The number of carbonyl (C=O) groups excluding carboxylic acids is 1. The molecular weight excluding hydrogens is 260 g/mol. The molecule has 2 unspecified atom stereocenters. The van der Waals surface area contributed by atoms with Crippen molar-refractivity contribution in [1.82, 2.24) is 5.32 Å². The van der Waals surface area contributed by atoms with E-state index in [1.54, 1.807) is 12.1 Å². The first-order chi connectivity index (χ1) is 9.43. The van der Waals surface area contributed by atoms with E-state index in [1.165, 1.54) is 12.1 Å². The predicted molar refractivity (Wildman–Crippen MR) is 75.3 cm³/mol. The number of nitrogens with zero attached hydrogens (tertiary/aromatic N) is 1. The molecule has 0 saturated heterocycles. The van der Waals surface area contributed by atoms with E-state index in [0.29, 0.717) is 5.56 Å². The van der Waals surface area contributed by atoms with Crippen LogP contribution < -0.4 is 5.32 Å². The normalized spacial score (nSPS) is 13.6. The second-order valence-corrected chi connectivity index (χ2v) is 4.86. The average molecular weight is 280 g/mol. The molecule has 110 valence electrons. The summed E-state index contributed by atoms with van der Waals surface area (Å²) in [4.78, 5) is 21.9. The van der Waals surface area contributed by atoms with Crippen LogP contribution >= 0.6 is 0 Å². The van der Waals surface area contributed by atoms with Crippen molar-refractivity contribution >= 4 is 11.6 Å². The highest BCUT2D eigenvalue weighted by Crippen LogP contribution is 2.13. The van der Waals surface area contributed by atoms with Crippen molar-refractivity contribution in [1.29, 1.82) is 0 Å². The number of rotatable bonds is 7. The average Bonchev–Trinajstić information content (AvgIpc) is 2.44. The first-order valence-corrected chi connectivity index (χ1v) is 6.62. The number of hydrogen-bond acceptors (Lipinski definition) is 4. The van der Waals surface area contributed by atoms with Crippen LogP contribution in [0.5, 0.6) is 0 Å². The summed E-state index contributed by atoms with van der Waals surface area (Å²) >= 11 is 0. The molecule has 0 aliphatic heterocycles. The van der Waals surface area contributed by atoms with Gasteiger partial charge in [-0.05, 0) is 11.5 Å². The Morgan fingerprint density at radius 1 is 1.50 bits per heavy atom. The molecule has 0 heterocycles. The third-order valence-corrected chi connectivity index (χ3v) is 3.30. The zero-order chi connectivity index (χ0) is 15.1. The van der Waals surface area contributed by atoms with Crippen molar-refractivity contribution in [3.8, 4) is 0 Å². The maximum atomic E-state index is 11.7. The van der Waals surface area contributed by atoms with Crippen molar-refractivity contribution in [2.45, 2.75) is 32.8 Å². The Morgan fingerprint density at radius 2 is 2.20 bits per heavy atom. The monoisotopic (exact) mass is 280 g/mol. The number of carbonyl (C=O) groups is 1. The zero-order valence-corrected chi connectivity index (χ0v) is 11.7. The second kappa shape index (κ2) is 7.59. The number of non-ortho nitro benzene ring substituents is 1. The molecule has 1 aromatic rings. The molecule has 0 aliphatic carbocycles. The molecule has 0 saturated carbocycles. The van der Waals surface area contributed by atoms with E-state index in [-0.39, 0.29) is 30.5 Å². The number of amides is 1. The van der Waals surface area contributed by atoms with E-state index in [9.17, 15) is 20.0 Å². The lowest BCUT2D eigenvalue weighted by Crippen LogP contribution is -2.36. The van der Waals surface area contributed by atoms with Crippen molar-refractivity contribution in [2.75, 3.05) is 6.54 Å². The lowest BCUT2D eigenvalue weighted by Gasteiger charge is -2.17. The molecule has 6 nitrogen and oxygen atoms in total. The molecule has 0 aliphatic rings. The van der Waals surface area contributed by atoms with Crippen LogP contribution in [0, 0.1) is 16.0 Å². The fourth-order valence-electron chi connectivity index (χ4n) is 1.72. The molecule has 0 spiro atoms. The third kappa shape index (κ3) is 4.97. The highest BCUT2D eigenvalue weighted by atomic mass is 16.6. The van der Waals surface area contributed by atoms with Gasteiger partial charge in [0.15, 0.2) is 0 Å². The largest absolute Gasteiger partial charge is 0.391 e. The topological polar surface area (TPSA) is 92.5 Å². The van der Waals surface area contributed by atoms with Gasteiger partial charge in [0, 0.05) is 18.7 Å². The van der Waals surface area contributed by atoms with E-state index in [2.05, 4.69) is 5.32 Å². The lowest BCUT2D eigenvalue weighted by atomic mass is 10.0. The Balaban J connectivity index is 2.50. The first-order valence-electron chi connectivity index (χ1n) is 6.62. The Kier molecular flexibility index (Phi) is 6.11. The molecule has 6 heteroatoms. The van der Waals surface area contributed by atoms with Crippen LogP contribution in [0.25, 0.3) is 0 Å². The molecule has 0 fully saturated rings. The van der Waals surface area contributed by atoms with Crippen LogP contribution in [0.1, 0.15) is 25.8 Å². The van der Waals surface area contributed by atoms with Crippen molar-refractivity contribution < 1.29 is 14.8 Å². The number of nitrogens with one attached hydrogen (secondary N) is 1. The van der Waals surface area contributed by atoms with Crippen LogP contribution in [0.4, 0.5) is 5.69 Å². The summed E-state index contributed by atoms with van der Waals surface area (Å²) in [7, 11) is 0. The zero-order valence-electron chi connectivity index (χ0n) is 11.7. The van der Waals surface area contributed by atoms with Gasteiger partial charge in [0.05, 0.1) is 17.4 Å². The fourth-order valence-corrected chi connectivity index (χ4v) is 1.72. The van der Waals surface area contributed by atoms with E-state index in [0.717, 1.165) is 6.42 Å². The van der Waals surface area contributed by atoms with Gasteiger partial charge in [-0.25, -0.2) is 0 Å². The number of nitro benzene ring substituents is 1. The standard InChI is InChI=1S/C14H20N2O4/c1-3-10(2)13(17)9-15-14(18)8-11-5-4-6-12(7-11)16(19)20/h4-7,10,13,17H,3,8-9H2,1-2H3,(H,15,18). The summed E-state index contributed by atoms with van der Waals surface area (Å²) in [5.41, 5.74) is 0.546. The van der Waals surface area contributed by atoms with Crippen molar-refractivity contribution in [3.05, 3.63) is 39.9 Å². The van der Waals surface area contributed by atoms with Crippen LogP contribution in [0.15, 0.2) is 24.3 Å². The number of nitro groups is 1. The minimum Gasteiger partial charge on any atom is -0.391 e. The Labute approximate surface area is 118 Å². The molecular formula is C14H20N2O4. The molecule has 1 rings (SSSR count). The third-order valence-electron chi connectivity index (χ3n) is 3.30. The highest BCUT2D eigenvalue weighted by Gasteiger charge is 2.14. The summed E-state index contributed by atoms with van der Waals surface area (Å²) in [6.45, 7) is 4.08. The molecule has 2 atom stereocenters. The molecule has 1 amide bonds. The minimum absolute atomic E-state index is 0.0325. The predicted octanol–water partition coefficient (Wildman–Crippen LogP) is 1.66. The number of benzene rings is 1. The smallest absolute Gasteiger partial charge is 0.269 e. The SMILES string of the molecule is CCC(C)C(O)CNC(=O)Cc1cccc([N+](=O)[O-])c1. The van der Waals surface area contributed by atoms with E-state index in [4.69, 9.17) is 0 Å². The van der Waals surface area contributed by atoms with Gasteiger partial charge in [-0.3, -0.25) is 14.9 Å². The second-order valence-electron chi connectivity index (χ2n) is 4.86. The molecule has 0 aromatic heterocycles. The summed E-state index contributed by atoms with van der Waals surface area (Å²) in [6, 6.07) is 5.98. The van der Waals surface area contributed by atoms with Crippen LogP contribution in [0.2, 0.25) is 0 Å². The molecule has 2 N–H and O–H groups in total. The maximum absolute atomic E-state index is 11.7. The summed E-state index contributed by atoms with van der Waals surface area (Å²) in [5.74, 6) is -0.138. The molecule has 0 bridgehead atoms. The van der Waals surface area contributed by atoms with E-state index in [1.807, 2.05) is 13.8 Å². The number of hydrogen-bond donors (Lipinski definition) is 2. The van der Waals surface area contributed by atoms with Crippen LogP contribution in [-0.2, 0) is 11.2 Å². The van der Waals surface area contributed by atoms with Gasteiger partial charge >= 0.3 is 0 Å². The summed E-state index contributed by atoms with van der Waals surface area (Å²) < 4.78 is 0.